The van der Waals surface area contributed by atoms with Gasteiger partial charge in [0.15, 0.2) is 0 Å². The van der Waals surface area contributed by atoms with Crippen molar-refractivity contribution in [2.45, 2.75) is 39.4 Å². The minimum atomic E-state index is -1.37. The summed E-state index contributed by atoms with van der Waals surface area (Å²) in [6, 6.07) is 8.57. The van der Waals surface area contributed by atoms with Crippen LogP contribution in [0.5, 0.6) is 0 Å². The standard InChI is InChI=1S/C19H25NSi/c1-15(2)11-12-19-17(13-14-21(4,5)6)16-9-7-8-10-18(16)20(19)3/h7-10H,1,11-12H2,2-6H3. The molecule has 1 nitrogen and oxygen atoms in total. The summed E-state index contributed by atoms with van der Waals surface area (Å²) < 4.78 is 2.30. The molecule has 2 rings (SSSR count). The van der Waals surface area contributed by atoms with Crippen LogP contribution in [0.4, 0.5) is 0 Å². The molecule has 1 aromatic heterocycles. The van der Waals surface area contributed by atoms with Crippen molar-refractivity contribution >= 4 is 19.0 Å². The molecule has 1 heterocycles. The second-order valence-electron chi connectivity index (χ2n) is 6.85. The topological polar surface area (TPSA) is 4.93 Å². The van der Waals surface area contributed by atoms with Gasteiger partial charge in [-0.2, -0.15) is 0 Å². The van der Waals surface area contributed by atoms with Crippen molar-refractivity contribution in [2.75, 3.05) is 0 Å². The van der Waals surface area contributed by atoms with Crippen molar-refractivity contribution in [3.63, 3.8) is 0 Å². The number of hydrogen-bond acceptors (Lipinski definition) is 0. The summed E-state index contributed by atoms with van der Waals surface area (Å²) in [7, 11) is 0.775. The van der Waals surface area contributed by atoms with Crippen molar-refractivity contribution in [2.24, 2.45) is 7.05 Å². The van der Waals surface area contributed by atoms with Gasteiger partial charge in [-0.15, -0.1) is 12.1 Å². The Morgan fingerprint density at radius 3 is 2.52 bits per heavy atom. The molecule has 1 aromatic carbocycles. The van der Waals surface area contributed by atoms with Crippen molar-refractivity contribution in [3.8, 4) is 11.5 Å². The monoisotopic (exact) mass is 295 g/mol. The third-order valence-corrected chi connectivity index (χ3v) is 4.45. The van der Waals surface area contributed by atoms with Crippen molar-refractivity contribution in [1.82, 2.24) is 4.57 Å². The quantitative estimate of drug-likeness (QED) is 0.430. The highest BCUT2D eigenvalue weighted by Gasteiger charge is 2.14. The number of aromatic nitrogens is 1. The fraction of sp³-hybridized carbons (Fsp3) is 0.368. The molecule has 0 aliphatic heterocycles. The Kier molecular flexibility index (Phi) is 4.44. The zero-order chi connectivity index (χ0) is 15.6. The highest BCUT2D eigenvalue weighted by Crippen LogP contribution is 2.26. The molecule has 0 radical (unpaired) electrons. The minimum absolute atomic E-state index is 1.01. The molecule has 0 atom stereocenters. The van der Waals surface area contributed by atoms with E-state index in [-0.39, 0.29) is 0 Å². The van der Waals surface area contributed by atoms with Crippen molar-refractivity contribution in [3.05, 3.63) is 47.7 Å². The number of nitrogens with zero attached hydrogens (tertiary/aromatic N) is 1. The Balaban J connectivity index is 2.60. The molecule has 0 spiro atoms. The van der Waals surface area contributed by atoms with Crippen LogP contribution in [-0.4, -0.2) is 12.6 Å². The van der Waals surface area contributed by atoms with E-state index in [1.54, 1.807) is 0 Å². The molecule has 0 saturated carbocycles. The van der Waals surface area contributed by atoms with Crippen LogP contribution in [0.15, 0.2) is 36.4 Å². The molecule has 2 heteroatoms. The predicted molar refractivity (Wildman–Crippen MR) is 96.3 cm³/mol. The summed E-state index contributed by atoms with van der Waals surface area (Å²) in [5.74, 6) is 3.50. The van der Waals surface area contributed by atoms with E-state index in [1.165, 1.54) is 27.7 Å². The number of hydrogen-bond donors (Lipinski definition) is 0. The molecule has 0 saturated heterocycles. The van der Waals surface area contributed by atoms with Crippen LogP contribution in [0.2, 0.25) is 19.6 Å². The molecule has 0 unspecified atom stereocenters. The predicted octanol–water partition coefficient (Wildman–Crippen LogP) is 4.92. The highest BCUT2D eigenvalue weighted by molar-refractivity contribution is 6.83. The molecular weight excluding hydrogens is 270 g/mol. The molecule has 0 aliphatic carbocycles. The van der Waals surface area contributed by atoms with E-state index in [0.29, 0.717) is 0 Å². The van der Waals surface area contributed by atoms with Crippen molar-refractivity contribution < 1.29 is 0 Å². The zero-order valence-corrected chi connectivity index (χ0v) is 14.9. The van der Waals surface area contributed by atoms with Gasteiger partial charge in [0.05, 0.1) is 5.56 Å². The summed E-state index contributed by atoms with van der Waals surface area (Å²) in [4.78, 5) is 0. The van der Waals surface area contributed by atoms with E-state index in [0.717, 1.165) is 12.8 Å². The van der Waals surface area contributed by atoms with Crippen LogP contribution >= 0.6 is 0 Å². The van der Waals surface area contributed by atoms with E-state index in [4.69, 9.17) is 0 Å². The molecule has 0 aliphatic rings. The summed E-state index contributed by atoms with van der Waals surface area (Å²) >= 11 is 0. The van der Waals surface area contributed by atoms with Gasteiger partial charge in [0.25, 0.3) is 0 Å². The lowest BCUT2D eigenvalue weighted by Gasteiger charge is -2.06. The van der Waals surface area contributed by atoms with Crippen LogP contribution < -0.4 is 0 Å². The average molecular weight is 296 g/mol. The largest absolute Gasteiger partial charge is 0.346 e. The molecular formula is C19H25NSi. The van der Waals surface area contributed by atoms with E-state index in [2.05, 4.69) is 80.5 Å². The Morgan fingerprint density at radius 2 is 1.90 bits per heavy atom. The van der Waals surface area contributed by atoms with Crippen LogP contribution in [0.3, 0.4) is 0 Å². The summed E-state index contributed by atoms with van der Waals surface area (Å²) in [5.41, 5.74) is 8.58. The van der Waals surface area contributed by atoms with Gasteiger partial charge in [0.1, 0.15) is 8.07 Å². The maximum Gasteiger partial charge on any atom is 0.129 e. The number of fused-ring (bicyclic) bond motifs is 1. The highest BCUT2D eigenvalue weighted by atomic mass is 28.3. The molecule has 110 valence electrons. The van der Waals surface area contributed by atoms with Crippen LogP contribution in [0.25, 0.3) is 10.9 Å². The summed E-state index contributed by atoms with van der Waals surface area (Å²) in [5, 5.41) is 1.28. The third kappa shape index (κ3) is 3.68. The molecule has 0 amide bonds. The van der Waals surface area contributed by atoms with Gasteiger partial charge in [-0.05, 0) is 25.8 Å². The van der Waals surface area contributed by atoms with Crippen LogP contribution in [0.1, 0.15) is 24.6 Å². The zero-order valence-electron chi connectivity index (χ0n) is 13.9. The van der Waals surface area contributed by atoms with Crippen molar-refractivity contribution in [1.29, 1.82) is 0 Å². The maximum absolute atomic E-state index is 4.03. The number of benzene rings is 1. The summed E-state index contributed by atoms with van der Waals surface area (Å²) in [6.07, 6.45) is 2.03. The molecule has 2 aromatic rings. The molecule has 0 N–H and O–H groups in total. The Hall–Kier alpha value is -1.72. The van der Waals surface area contributed by atoms with E-state index < -0.39 is 8.07 Å². The SMILES string of the molecule is C=C(C)CCc1c(C#C[Si](C)(C)C)c2ccccc2n1C. The first-order valence-corrected chi connectivity index (χ1v) is 11.0. The van der Waals surface area contributed by atoms with Gasteiger partial charge in [-0.3, -0.25) is 0 Å². The fourth-order valence-electron chi connectivity index (χ4n) is 2.46. The number of para-hydroxylation sites is 1. The lowest BCUT2D eigenvalue weighted by atomic mass is 10.1. The Morgan fingerprint density at radius 1 is 1.24 bits per heavy atom. The van der Waals surface area contributed by atoms with Crippen LogP contribution in [-0.2, 0) is 13.5 Å². The van der Waals surface area contributed by atoms with Gasteiger partial charge in [0, 0.05) is 23.6 Å². The van der Waals surface area contributed by atoms with Gasteiger partial charge < -0.3 is 4.57 Å². The second kappa shape index (κ2) is 5.95. The lowest BCUT2D eigenvalue weighted by Crippen LogP contribution is -2.16. The number of aryl methyl sites for hydroxylation is 1. The van der Waals surface area contributed by atoms with E-state index in [9.17, 15) is 0 Å². The smallest absolute Gasteiger partial charge is 0.129 e. The first kappa shape index (κ1) is 15.7. The normalized spacial score (nSPS) is 11.3. The molecule has 21 heavy (non-hydrogen) atoms. The van der Waals surface area contributed by atoms with E-state index >= 15 is 0 Å². The van der Waals surface area contributed by atoms with Crippen LogP contribution in [0, 0.1) is 11.5 Å². The van der Waals surface area contributed by atoms with E-state index in [1.807, 2.05) is 0 Å². The minimum Gasteiger partial charge on any atom is -0.346 e. The molecule has 0 fully saturated rings. The second-order valence-corrected chi connectivity index (χ2v) is 11.6. The molecule has 0 bridgehead atoms. The van der Waals surface area contributed by atoms with Gasteiger partial charge in [-0.25, -0.2) is 0 Å². The average Bonchev–Trinajstić information content (AvgIpc) is 2.66. The third-order valence-electron chi connectivity index (χ3n) is 3.58. The lowest BCUT2D eigenvalue weighted by molar-refractivity contribution is 0.814. The fourth-order valence-corrected chi connectivity index (χ4v) is 2.96. The number of rotatable bonds is 3. The van der Waals surface area contributed by atoms with Gasteiger partial charge >= 0.3 is 0 Å². The first-order valence-electron chi connectivity index (χ1n) is 7.53. The summed E-state index contributed by atoms with van der Waals surface area (Å²) in [6.45, 7) is 13.0. The first-order chi connectivity index (χ1) is 9.79. The van der Waals surface area contributed by atoms with Gasteiger partial charge in [-0.1, -0.05) is 49.3 Å². The Bertz CT molecular complexity index is 732. The van der Waals surface area contributed by atoms with Gasteiger partial charge in [0.2, 0.25) is 0 Å². The number of allylic oxidation sites excluding steroid dienone is 1. The Labute approximate surface area is 129 Å². The maximum atomic E-state index is 4.03.